The monoisotopic (exact) mass is 558 g/mol. The Kier molecular flexibility index (Phi) is 9.47. The molecule has 0 spiro atoms. The Balaban J connectivity index is 1.46. The molecule has 0 atom stereocenters. The second-order valence-electron chi connectivity index (χ2n) is 8.06. The van der Waals surface area contributed by atoms with Crippen molar-refractivity contribution < 1.29 is 9.47 Å². The number of piperidine rings is 1. The second kappa shape index (κ2) is 13.0. The third-order valence-corrected chi connectivity index (χ3v) is 7.00. The van der Waals surface area contributed by atoms with Crippen LogP contribution in [0.4, 0.5) is 23.1 Å². The van der Waals surface area contributed by atoms with E-state index < -0.39 is 0 Å². The molecule has 0 unspecified atom stereocenters. The average Bonchev–Trinajstić information content (AvgIpc) is 2.88. The lowest BCUT2D eigenvalue weighted by atomic mass is 10.1. The van der Waals surface area contributed by atoms with Gasteiger partial charge in [-0.15, -0.1) is 0 Å². The van der Waals surface area contributed by atoms with Crippen LogP contribution < -0.4 is 24.8 Å². The normalized spacial score (nSPS) is 13.9. The second-order valence-corrected chi connectivity index (χ2v) is 9.96. The van der Waals surface area contributed by atoms with Crippen molar-refractivity contribution in [2.45, 2.75) is 24.2 Å². The van der Waals surface area contributed by atoms with Gasteiger partial charge in [-0.2, -0.15) is 4.98 Å². The molecule has 1 fully saturated rings. The van der Waals surface area contributed by atoms with Crippen LogP contribution in [0.5, 0.6) is 11.5 Å². The first-order valence-corrected chi connectivity index (χ1v) is 13.3. The number of nitrogens with zero attached hydrogens (tertiary/aromatic N) is 3. The van der Waals surface area contributed by atoms with E-state index in [1.165, 1.54) is 31.2 Å². The summed E-state index contributed by atoms with van der Waals surface area (Å²) in [7, 11) is 3.53. The number of hydrogen-bond acceptors (Lipinski definition) is 9. The van der Waals surface area contributed by atoms with Crippen LogP contribution in [0, 0.1) is 0 Å². The molecule has 2 heterocycles. The summed E-state index contributed by atoms with van der Waals surface area (Å²) < 4.78 is 15.5. The molecule has 0 amide bonds. The fourth-order valence-electron chi connectivity index (χ4n) is 3.88. The molecule has 0 aliphatic carbocycles. The number of likely N-dealkylation sites (tertiary alicyclic amines) is 1. The first kappa shape index (κ1) is 25.6. The molecule has 0 bridgehead atoms. The van der Waals surface area contributed by atoms with Crippen molar-refractivity contribution in [3.63, 3.8) is 0 Å². The van der Waals surface area contributed by atoms with Crippen molar-refractivity contribution in [1.29, 1.82) is 0 Å². The number of para-hydroxylation sites is 1. The lowest BCUT2D eigenvalue weighted by Gasteiger charge is -2.26. The molecular formula is C25H31BrN6O2S. The van der Waals surface area contributed by atoms with E-state index >= 15 is 0 Å². The molecule has 8 nitrogen and oxygen atoms in total. The molecule has 4 rings (SSSR count). The van der Waals surface area contributed by atoms with Gasteiger partial charge in [0.2, 0.25) is 5.95 Å². The number of rotatable bonds is 11. The van der Waals surface area contributed by atoms with Gasteiger partial charge in [-0.25, -0.2) is 4.98 Å². The fourth-order valence-corrected chi connectivity index (χ4v) is 4.77. The molecule has 1 saturated heterocycles. The first-order valence-electron chi connectivity index (χ1n) is 11.7. The van der Waals surface area contributed by atoms with E-state index in [1.54, 1.807) is 13.3 Å². The highest BCUT2D eigenvalue weighted by Crippen LogP contribution is 2.33. The van der Waals surface area contributed by atoms with E-state index in [0.29, 0.717) is 24.1 Å². The molecule has 1 aliphatic heterocycles. The third-order valence-electron chi connectivity index (χ3n) is 5.64. The summed E-state index contributed by atoms with van der Waals surface area (Å²) in [6, 6.07) is 13.8. The Morgan fingerprint density at radius 2 is 1.89 bits per heavy atom. The quantitative estimate of drug-likeness (QED) is 0.252. The number of benzene rings is 2. The summed E-state index contributed by atoms with van der Waals surface area (Å²) in [4.78, 5) is 12.6. The Morgan fingerprint density at radius 1 is 1.06 bits per heavy atom. The lowest BCUT2D eigenvalue weighted by molar-refractivity contribution is 0.183. The molecule has 10 heteroatoms. The smallest absolute Gasteiger partial charge is 0.229 e. The average molecular weight is 560 g/mol. The van der Waals surface area contributed by atoms with Gasteiger partial charge >= 0.3 is 0 Å². The van der Waals surface area contributed by atoms with Gasteiger partial charge in [-0.3, -0.25) is 9.62 Å². The molecule has 3 N–H and O–H groups in total. The Morgan fingerprint density at radius 3 is 2.69 bits per heavy atom. The highest BCUT2D eigenvalue weighted by molar-refractivity contribution is 9.10. The van der Waals surface area contributed by atoms with Crippen LogP contribution in [-0.2, 0) is 0 Å². The predicted molar refractivity (Wildman–Crippen MR) is 146 cm³/mol. The molecule has 1 aromatic heterocycles. The number of methoxy groups -OCH3 is 1. The summed E-state index contributed by atoms with van der Waals surface area (Å²) in [5, 5.41) is 6.67. The van der Waals surface area contributed by atoms with Crippen LogP contribution in [0.15, 0.2) is 58.0 Å². The van der Waals surface area contributed by atoms with Crippen LogP contribution in [0.2, 0.25) is 0 Å². The number of halogens is 1. The van der Waals surface area contributed by atoms with Crippen LogP contribution in [-0.4, -0.2) is 55.3 Å². The molecule has 3 aromatic rings. The maximum absolute atomic E-state index is 6.04. The number of ether oxygens (including phenoxy) is 2. The summed E-state index contributed by atoms with van der Waals surface area (Å²) >= 11 is 5.09. The highest BCUT2D eigenvalue weighted by atomic mass is 79.9. The summed E-state index contributed by atoms with van der Waals surface area (Å²) in [6.45, 7) is 3.91. The van der Waals surface area contributed by atoms with Crippen molar-refractivity contribution in [3.8, 4) is 11.5 Å². The SMILES string of the molecule is CNSc1ccccc1Nc1nc(Nc2cc(OCCN3CCCCC3)ccc2OC)ncc1Br. The van der Waals surface area contributed by atoms with Gasteiger partial charge in [-0.05, 0) is 85.1 Å². The van der Waals surface area contributed by atoms with E-state index in [0.717, 1.165) is 46.1 Å². The largest absolute Gasteiger partial charge is 0.495 e. The molecule has 2 aromatic carbocycles. The van der Waals surface area contributed by atoms with Crippen LogP contribution in [0.25, 0.3) is 0 Å². The minimum atomic E-state index is 0.443. The Hall–Kier alpha value is -2.53. The van der Waals surface area contributed by atoms with Gasteiger partial charge < -0.3 is 20.1 Å². The third kappa shape index (κ3) is 7.23. The summed E-state index contributed by atoms with van der Waals surface area (Å²) in [6.07, 6.45) is 5.61. The van der Waals surface area contributed by atoms with Gasteiger partial charge in [0.1, 0.15) is 23.9 Å². The zero-order chi connectivity index (χ0) is 24.5. The topological polar surface area (TPSA) is 83.6 Å². The van der Waals surface area contributed by atoms with Crippen LogP contribution >= 0.6 is 27.9 Å². The predicted octanol–water partition coefficient (Wildman–Crippen LogP) is 5.83. The lowest BCUT2D eigenvalue weighted by Crippen LogP contribution is -2.33. The number of anilines is 4. The van der Waals surface area contributed by atoms with Crippen LogP contribution in [0.1, 0.15) is 19.3 Å². The highest BCUT2D eigenvalue weighted by Gasteiger charge is 2.13. The van der Waals surface area contributed by atoms with E-state index in [-0.39, 0.29) is 0 Å². The van der Waals surface area contributed by atoms with Gasteiger partial charge in [-0.1, -0.05) is 18.6 Å². The van der Waals surface area contributed by atoms with Gasteiger partial charge in [0.15, 0.2) is 0 Å². The molecule has 0 radical (unpaired) electrons. The van der Waals surface area contributed by atoms with Gasteiger partial charge in [0, 0.05) is 23.7 Å². The van der Waals surface area contributed by atoms with Crippen LogP contribution in [0.3, 0.4) is 0 Å². The van der Waals surface area contributed by atoms with Gasteiger partial charge in [0.25, 0.3) is 0 Å². The molecule has 0 saturated carbocycles. The standard InChI is InChI=1S/C25H31BrN6O2S/c1-27-35-23-9-5-4-8-20(23)29-24-19(26)17-28-25(31-24)30-21-16-18(10-11-22(21)33-2)34-15-14-32-12-6-3-7-13-32/h4-5,8-11,16-17,27H,3,6-7,12-15H2,1-2H3,(H2,28,29,30,31). The minimum absolute atomic E-state index is 0.443. The van der Waals surface area contributed by atoms with Gasteiger partial charge in [0.05, 0.1) is 23.0 Å². The minimum Gasteiger partial charge on any atom is -0.495 e. The Labute approximate surface area is 219 Å². The molecule has 186 valence electrons. The Bertz CT molecular complexity index is 1110. The molecular weight excluding hydrogens is 528 g/mol. The maximum atomic E-state index is 6.04. The van der Waals surface area contributed by atoms with Crippen molar-refractivity contribution in [2.75, 3.05) is 51.0 Å². The maximum Gasteiger partial charge on any atom is 0.229 e. The molecule has 1 aliphatic rings. The molecule has 35 heavy (non-hydrogen) atoms. The summed E-state index contributed by atoms with van der Waals surface area (Å²) in [5.41, 5.74) is 1.68. The number of nitrogens with one attached hydrogen (secondary N) is 3. The number of aromatic nitrogens is 2. The van der Waals surface area contributed by atoms with Crippen molar-refractivity contribution in [3.05, 3.63) is 53.1 Å². The van der Waals surface area contributed by atoms with Crippen molar-refractivity contribution in [2.24, 2.45) is 0 Å². The first-order chi connectivity index (χ1) is 17.2. The van der Waals surface area contributed by atoms with E-state index in [2.05, 4.69) is 46.2 Å². The zero-order valence-electron chi connectivity index (χ0n) is 20.0. The van der Waals surface area contributed by atoms with Crippen molar-refractivity contribution in [1.82, 2.24) is 19.6 Å². The van der Waals surface area contributed by atoms with Crippen molar-refractivity contribution >= 4 is 51.0 Å². The summed E-state index contributed by atoms with van der Waals surface area (Å²) in [5.74, 6) is 2.56. The number of hydrogen-bond donors (Lipinski definition) is 3. The van der Waals surface area contributed by atoms with E-state index in [4.69, 9.17) is 9.47 Å². The zero-order valence-corrected chi connectivity index (χ0v) is 22.4. The van der Waals surface area contributed by atoms with E-state index in [1.807, 2.05) is 49.5 Å². The van der Waals surface area contributed by atoms with E-state index in [9.17, 15) is 0 Å². The fraction of sp³-hybridized carbons (Fsp3) is 0.360.